The fourth-order valence-corrected chi connectivity index (χ4v) is 2.64. The molecule has 0 aliphatic carbocycles. The molecular formula is C17H26N4. The highest BCUT2D eigenvalue weighted by atomic mass is 15.3. The van der Waals surface area contributed by atoms with Gasteiger partial charge in [0.05, 0.1) is 5.69 Å². The Morgan fingerprint density at radius 1 is 1.14 bits per heavy atom. The van der Waals surface area contributed by atoms with Gasteiger partial charge in [-0.2, -0.15) is 5.10 Å². The van der Waals surface area contributed by atoms with Gasteiger partial charge in [-0.15, -0.1) is 0 Å². The van der Waals surface area contributed by atoms with Gasteiger partial charge in [0.15, 0.2) is 0 Å². The van der Waals surface area contributed by atoms with Gasteiger partial charge >= 0.3 is 0 Å². The Labute approximate surface area is 127 Å². The summed E-state index contributed by atoms with van der Waals surface area (Å²) in [5.74, 6) is 0. The van der Waals surface area contributed by atoms with Crippen molar-refractivity contribution in [3.63, 3.8) is 0 Å². The molecule has 0 fully saturated rings. The van der Waals surface area contributed by atoms with Crippen LogP contribution in [0.2, 0.25) is 0 Å². The number of nitrogens with two attached hydrogens (primary N) is 1. The molecule has 2 rings (SSSR count). The van der Waals surface area contributed by atoms with Crippen LogP contribution in [0, 0.1) is 13.8 Å². The lowest BCUT2D eigenvalue weighted by molar-refractivity contribution is 0.254. The second-order valence-corrected chi connectivity index (χ2v) is 5.61. The fraction of sp³-hybridized carbons (Fsp3) is 0.471. The summed E-state index contributed by atoms with van der Waals surface area (Å²) in [6.07, 6.45) is 1.02. The quantitative estimate of drug-likeness (QED) is 0.850. The second kappa shape index (κ2) is 7.38. The van der Waals surface area contributed by atoms with Crippen molar-refractivity contribution in [1.29, 1.82) is 0 Å². The minimum Gasteiger partial charge on any atom is -0.330 e. The number of nitrogens with zero attached hydrogens (tertiary/aromatic N) is 3. The van der Waals surface area contributed by atoms with Gasteiger partial charge in [-0.3, -0.25) is 9.58 Å². The lowest BCUT2D eigenvalue weighted by Gasteiger charge is -2.22. The smallest absolute Gasteiger partial charge is 0.0641 e. The third-order valence-corrected chi connectivity index (χ3v) is 3.97. The van der Waals surface area contributed by atoms with Crippen LogP contribution in [0.25, 0.3) is 0 Å². The molecule has 4 nitrogen and oxygen atoms in total. The van der Waals surface area contributed by atoms with Gasteiger partial charge in [0.2, 0.25) is 0 Å². The van der Waals surface area contributed by atoms with Crippen molar-refractivity contribution < 1.29 is 0 Å². The van der Waals surface area contributed by atoms with Crippen molar-refractivity contribution in [3.8, 4) is 0 Å². The third kappa shape index (κ3) is 4.16. The summed E-state index contributed by atoms with van der Waals surface area (Å²) in [7, 11) is 2.01. The summed E-state index contributed by atoms with van der Waals surface area (Å²) >= 11 is 0. The van der Waals surface area contributed by atoms with E-state index in [1.165, 1.54) is 16.8 Å². The molecule has 0 unspecified atom stereocenters. The third-order valence-electron chi connectivity index (χ3n) is 3.97. The monoisotopic (exact) mass is 286 g/mol. The van der Waals surface area contributed by atoms with Gasteiger partial charge in [0.25, 0.3) is 0 Å². The van der Waals surface area contributed by atoms with Crippen LogP contribution in [0.5, 0.6) is 0 Å². The van der Waals surface area contributed by atoms with Gasteiger partial charge in [-0.1, -0.05) is 30.3 Å². The first-order chi connectivity index (χ1) is 10.1. The molecule has 4 heteroatoms. The summed E-state index contributed by atoms with van der Waals surface area (Å²) in [6.45, 7) is 7.86. The molecule has 0 saturated carbocycles. The predicted octanol–water partition coefficient (Wildman–Crippen LogP) is 2.39. The first kappa shape index (κ1) is 15.7. The Balaban J connectivity index is 2.12. The van der Waals surface area contributed by atoms with E-state index in [9.17, 15) is 0 Å². The van der Waals surface area contributed by atoms with Crippen molar-refractivity contribution in [1.82, 2.24) is 14.7 Å². The van der Waals surface area contributed by atoms with Crippen LogP contribution in [-0.2, 0) is 20.1 Å². The Morgan fingerprint density at radius 3 is 2.43 bits per heavy atom. The summed E-state index contributed by atoms with van der Waals surface area (Å²) in [5, 5.41) is 4.52. The standard InChI is InChI=1S/C17H26N4/c1-14-17(15(2)20(3)19-14)13-21(11-7-10-18)12-16-8-5-4-6-9-16/h4-6,8-9H,7,10-13,18H2,1-3H3. The number of rotatable bonds is 7. The van der Waals surface area contributed by atoms with Crippen molar-refractivity contribution in [2.24, 2.45) is 12.8 Å². The number of aryl methyl sites for hydroxylation is 2. The van der Waals surface area contributed by atoms with Gasteiger partial charge in [0, 0.05) is 37.9 Å². The fourth-order valence-electron chi connectivity index (χ4n) is 2.64. The highest BCUT2D eigenvalue weighted by molar-refractivity contribution is 5.24. The number of hydrogen-bond acceptors (Lipinski definition) is 3. The SMILES string of the molecule is Cc1nn(C)c(C)c1CN(CCCN)Cc1ccccc1. The molecule has 0 amide bonds. The van der Waals surface area contributed by atoms with Crippen LogP contribution in [0.15, 0.2) is 30.3 Å². The first-order valence-corrected chi connectivity index (χ1v) is 7.57. The summed E-state index contributed by atoms with van der Waals surface area (Å²) in [6, 6.07) is 10.6. The molecule has 0 radical (unpaired) electrons. The normalized spacial score (nSPS) is 11.3. The first-order valence-electron chi connectivity index (χ1n) is 7.57. The van der Waals surface area contributed by atoms with E-state index in [0.29, 0.717) is 0 Å². The molecule has 0 aliphatic heterocycles. The van der Waals surface area contributed by atoms with Crippen LogP contribution >= 0.6 is 0 Å². The molecule has 1 aromatic carbocycles. The van der Waals surface area contributed by atoms with Crippen LogP contribution in [0.4, 0.5) is 0 Å². The molecular weight excluding hydrogens is 260 g/mol. The minimum absolute atomic E-state index is 0.732. The minimum atomic E-state index is 0.732. The van der Waals surface area contributed by atoms with Crippen LogP contribution in [0.3, 0.4) is 0 Å². The summed E-state index contributed by atoms with van der Waals surface area (Å²) in [5.41, 5.74) is 10.7. The van der Waals surface area contributed by atoms with Gasteiger partial charge in [-0.25, -0.2) is 0 Å². The maximum Gasteiger partial charge on any atom is 0.0641 e. The van der Waals surface area contributed by atoms with Gasteiger partial charge in [0.1, 0.15) is 0 Å². The Hall–Kier alpha value is -1.65. The zero-order valence-corrected chi connectivity index (χ0v) is 13.3. The van der Waals surface area contributed by atoms with Crippen LogP contribution in [0.1, 0.15) is 28.9 Å². The van der Waals surface area contributed by atoms with E-state index in [1.54, 1.807) is 0 Å². The Bertz CT molecular complexity index is 560. The zero-order valence-electron chi connectivity index (χ0n) is 13.3. The van der Waals surface area contributed by atoms with Gasteiger partial charge in [-0.05, 0) is 32.4 Å². The van der Waals surface area contributed by atoms with Crippen molar-refractivity contribution in [3.05, 3.63) is 52.8 Å². The molecule has 1 aromatic heterocycles. The Morgan fingerprint density at radius 2 is 1.86 bits per heavy atom. The highest BCUT2D eigenvalue weighted by Gasteiger charge is 2.14. The lowest BCUT2D eigenvalue weighted by atomic mass is 10.1. The summed E-state index contributed by atoms with van der Waals surface area (Å²) in [4.78, 5) is 2.46. The van der Waals surface area contributed by atoms with Crippen LogP contribution < -0.4 is 5.73 Å². The van der Waals surface area contributed by atoms with E-state index in [2.05, 4.69) is 54.2 Å². The Kier molecular flexibility index (Phi) is 5.53. The van der Waals surface area contributed by atoms with E-state index < -0.39 is 0 Å². The molecule has 0 aliphatic rings. The molecule has 0 saturated heterocycles. The molecule has 2 aromatic rings. The maximum atomic E-state index is 5.68. The van der Waals surface area contributed by atoms with Gasteiger partial charge < -0.3 is 5.73 Å². The average molecular weight is 286 g/mol. The lowest BCUT2D eigenvalue weighted by Crippen LogP contribution is -2.26. The molecule has 114 valence electrons. The van der Waals surface area contributed by atoms with Crippen molar-refractivity contribution >= 4 is 0 Å². The highest BCUT2D eigenvalue weighted by Crippen LogP contribution is 2.16. The number of benzene rings is 1. The average Bonchev–Trinajstić information content (AvgIpc) is 2.72. The van der Waals surface area contributed by atoms with Crippen molar-refractivity contribution in [2.75, 3.05) is 13.1 Å². The van der Waals surface area contributed by atoms with E-state index in [-0.39, 0.29) is 0 Å². The summed E-state index contributed by atoms with van der Waals surface area (Å²) < 4.78 is 1.97. The maximum absolute atomic E-state index is 5.68. The number of hydrogen-bond donors (Lipinski definition) is 1. The van der Waals surface area contributed by atoms with E-state index in [1.807, 2.05) is 11.7 Å². The molecule has 0 bridgehead atoms. The van der Waals surface area contributed by atoms with E-state index in [4.69, 9.17) is 5.73 Å². The van der Waals surface area contributed by atoms with E-state index >= 15 is 0 Å². The van der Waals surface area contributed by atoms with E-state index in [0.717, 1.165) is 38.3 Å². The topological polar surface area (TPSA) is 47.1 Å². The van der Waals surface area contributed by atoms with Crippen LogP contribution in [-0.4, -0.2) is 27.8 Å². The molecule has 1 heterocycles. The molecule has 2 N–H and O–H groups in total. The molecule has 0 atom stereocenters. The largest absolute Gasteiger partial charge is 0.330 e. The molecule has 21 heavy (non-hydrogen) atoms. The van der Waals surface area contributed by atoms with Crippen molar-refractivity contribution in [2.45, 2.75) is 33.4 Å². The zero-order chi connectivity index (χ0) is 15.2. The predicted molar refractivity (Wildman–Crippen MR) is 86.9 cm³/mol. The number of aromatic nitrogens is 2. The second-order valence-electron chi connectivity index (χ2n) is 5.61. The molecule has 0 spiro atoms.